The first-order valence-corrected chi connectivity index (χ1v) is 11.3. The Morgan fingerprint density at radius 2 is 1.96 bits per heavy atom. The summed E-state index contributed by atoms with van der Waals surface area (Å²) in [6.45, 7) is 7.15. The number of nitrogens with zero attached hydrogens (tertiary/aromatic N) is 2. The quantitative estimate of drug-likeness (QED) is 0.512. The third-order valence-electron chi connectivity index (χ3n) is 3.78. The normalized spacial score (nSPS) is 11.3. The minimum Gasteiger partial charge on any atom is -0.462 e. The molecule has 0 unspecified atom stereocenters. The number of thiophene rings is 1. The Balaban J connectivity index is 2.41. The van der Waals surface area contributed by atoms with E-state index in [1.165, 1.54) is 11.3 Å². The van der Waals surface area contributed by atoms with Gasteiger partial charge in [-0.05, 0) is 32.8 Å². The summed E-state index contributed by atoms with van der Waals surface area (Å²) in [6.07, 6.45) is 1.45. The average molecular weight is 446 g/mol. The van der Waals surface area contributed by atoms with E-state index in [4.69, 9.17) is 16.3 Å². The van der Waals surface area contributed by atoms with Crippen molar-refractivity contribution >= 4 is 49.7 Å². The minimum absolute atomic E-state index is 0.101. The molecular formula is C17H20ClN3O5S2. The summed E-state index contributed by atoms with van der Waals surface area (Å²) in [5.74, 6) is -1.45. The highest BCUT2D eigenvalue weighted by molar-refractivity contribution is 7.91. The van der Waals surface area contributed by atoms with Crippen LogP contribution in [-0.2, 0) is 14.6 Å². The van der Waals surface area contributed by atoms with Gasteiger partial charge in [-0.2, -0.15) is 0 Å². The zero-order valence-electron chi connectivity index (χ0n) is 15.8. The molecule has 0 spiro atoms. The van der Waals surface area contributed by atoms with Crippen molar-refractivity contribution in [2.24, 2.45) is 0 Å². The monoisotopic (exact) mass is 445 g/mol. The second kappa shape index (κ2) is 8.97. The van der Waals surface area contributed by atoms with Crippen molar-refractivity contribution < 1.29 is 22.7 Å². The van der Waals surface area contributed by atoms with Gasteiger partial charge in [0.15, 0.2) is 5.69 Å². The van der Waals surface area contributed by atoms with Gasteiger partial charge in [0, 0.05) is 4.88 Å². The lowest BCUT2D eigenvalue weighted by molar-refractivity contribution is 0.0527. The Kier molecular flexibility index (Phi) is 7.13. The van der Waals surface area contributed by atoms with Crippen molar-refractivity contribution in [2.75, 3.05) is 17.7 Å². The number of sulfone groups is 1. The number of nitrogens with one attached hydrogen (secondary N) is 1. The van der Waals surface area contributed by atoms with E-state index in [0.717, 1.165) is 11.1 Å². The highest BCUT2D eigenvalue weighted by atomic mass is 35.5. The second-order valence-corrected chi connectivity index (χ2v) is 9.46. The largest absolute Gasteiger partial charge is 0.462 e. The molecule has 2 heterocycles. The van der Waals surface area contributed by atoms with Gasteiger partial charge in [-0.15, -0.1) is 11.3 Å². The Morgan fingerprint density at radius 1 is 1.29 bits per heavy atom. The van der Waals surface area contributed by atoms with Crippen LogP contribution in [0.3, 0.4) is 0 Å². The number of halogens is 1. The summed E-state index contributed by atoms with van der Waals surface area (Å²) in [5, 5.41) is 2.31. The molecule has 2 rings (SSSR count). The maximum Gasteiger partial charge on any atom is 0.341 e. The van der Waals surface area contributed by atoms with E-state index in [-0.39, 0.29) is 33.6 Å². The molecule has 0 aliphatic rings. The lowest BCUT2D eigenvalue weighted by Crippen LogP contribution is -2.19. The third-order valence-corrected chi connectivity index (χ3v) is 6.88. The topological polar surface area (TPSA) is 115 Å². The zero-order valence-corrected chi connectivity index (χ0v) is 18.2. The molecule has 0 radical (unpaired) electrons. The Labute approximate surface area is 172 Å². The van der Waals surface area contributed by atoms with Gasteiger partial charge in [-0.25, -0.2) is 23.2 Å². The Morgan fingerprint density at radius 3 is 2.57 bits per heavy atom. The number of anilines is 1. The predicted octanol–water partition coefficient (Wildman–Crippen LogP) is 3.42. The number of hydrogen-bond acceptors (Lipinski definition) is 8. The molecule has 1 N–H and O–H groups in total. The van der Waals surface area contributed by atoms with Crippen molar-refractivity contribution in [3.8, 4) is 0 Å². The van der Waals surface area contributed by atoms with E-state index >= 15 is 0 Å². The number of carbonyl (C=O) groups is 2. The number of aromatic nitrogens is 2. The second-order valence-electron chi connectivity index (χ2n) is 5.83. The molecule has 0 bridgehead atoms. The molecule has 8 nitrogen and oxygen atoms in total. The first-order valence-electron chi connectivity index (χ1n) is 8.46. The van der Waals surface area contributed by atoms with Crippen LogP contribution in [0.2, 0.25) is 5.02 Å². The molecule has 0 aromatic carbocycles. The lowest BCUT2D eigenvalue weighted by Gasteiger charge is -2.09. The molecule has 0 aliphatic heterocycles. The van der Waals surface area contributed by atoms with Crippen LogP contribution in [0.1, 0.15) is 51.6 Å². The van der Waals surface area contributed by atoms with Crippen molar-refractivity contribution in [3.05, 3.63) is 32.9 Å². The van der Waals surface area contributed by atoms with E-state index in [0.29, 0.717) is 12.0 Å². The number of rotatable bonds is 7. The Bertz CT molecular complexity index is 1020. The minimum atomic E-state index is -3.72. The number of aryl methyl sites for hydroxylation is 1. The first kappa shape index (κ1) is 22.3. The van der Waals surface area contributed by atoms with Crippen LogP contribution in [0, 0.1) is 13.8 Å². The molecule has 0 aliphatic carbocycles. The van der Waals surface area contributed by atoms with Gasteiger partial charge in [0.05, 0.1) is 29.1 Å². The van der Waals surface area contributed by atoms with Crippen LogP contribution >= 0.6 is 22.9 Å². The molecule has 1 amide bonds. The third kappa shape index (κ3) is 4.68. The maximum absolute atomic E-state index is 12.7. The summed E-state index contributed by atoms with van der Waals surface area (Å²) >= 11 is 7.21. The van der Waals surface area contributed by atoms with Crippen LogP contribution in [0.15, 0.2) is 11.4 Å². The average Bonchev–Trinajstić information content (AvgIpc) is 2.89. The summed E-state index contributed by atoms with van der Waals surface area (Å²) in [4.78, 5) is 33.3. The molecule has 0 saturated heterocycles. The van der Waals surface area contributed by atoms with Gasteiger partial charge >= 0.3 is 5.97 Å². The zero-order chi connectivity index (χ0) is 21.1. The lowest BCUT2D eigenvalue weighted by atomic mass is 10.1. The van der Waals surface area contributed by atoms with Gasteiger partial charge in [-0.3, -0.25) is 4.79 Å². The number of hydrogen-bond donors (Lipinski definition) is 1. The van der Waals surface area contributed by atoms with Gasteiger partial charge in [0.25, 0.3) is 5.91 Å². The van der Waals surface area contributed by atoms with Crippen LogP contribution in [-0.4, -0.2) is 42.6 Å². The van der Waals surface area contributed by atoms with E-state index < -0.39 is 26.9 Å². The number of ether oxygens (including phenoxy) is 1. The fourth-order valence-electron chi connectivity index (χ4n) is 2.35. The molecule has 152 valence electrons. The van der Waals surface area contributed by atoms with Gasteiger partial charge in [-0.1, -0.05) is 18.5 Å². The summed E-state index contributed by atoms with van der Waals surface area (Å²) in [6, 6.07) is 0. The summed E-state index contributed by atoms with van der Waals surface area (Å²) in [7, 11) is -3.72. The molecule has 2 aromatic rings. The molecule has 2 aromatic heterocycles. The molecular weight excluding hydrogens is 426 g/mol. The molecule has 28 heavy (non-hydrogen) atoms. The standard InChI is InChI=1S/C17H20ClN3O5S2/c1-5-7-28(24,25)17-19-8-11(18)13(20-17)14(22)21-15-12(16(23)26-6-2)9(3)10(4)27-15/h8H,5-7H2,1-4H3,(H,21,22). The number of amides is 1. The van der Waals surface area contributed by atoms with Crippen LogP contribution < -0.4 is 5.32 Å². The van der Waals surface area contributed by atoms with Gasteiger partial charge in [0.2, 0.25) is 15.0 Å². The molecule has 0 atom stereocenters. The fourth-order valence-corrected chi connectivity index (χ4v) is 4.73. The van der Waals surface area contributed by atoms with E-state index in [1.807, 2.05) is 6.92 Å². The summed E-state index contributed by atoms with van der Waals surface area (Å²) in [5.41, 5.74) is 0.658. The number of carbonyl (C=O) groups excluding carboxylic acids is 2. The van der Waals surface area contributed by atoms with Crippen molar-refractivity contribution in [1.29, 1.82) is 0 Å². The smallest absolute Gasteiger partial charge is 0.341 e. The number of esters is 1. The maximum atomic E-state index is 12.7. The SMILES string of the molecule is CCCS(=O)(=O)c1ncc(Cl)c(C(=O)Nc2sc(C)c(C)c2C(=O)OCC)n1. The Hall–Kier alpha value is -2.04. The van der Waals surface area contributed by atoms with Crippen molar-refractivity contribution in [2.45, 2.75) is 39.3 Å². The highest BCUT2D eigenvalue weighted by Crippen LogP contribution is 2.33. The molecule has 11 heteroatoms. The van der Waals surface area contributed by atoms with Crippen LogP contribution in [0.5, 0.6) is 0 Å². The van der Waals surface area contributed by atoms with E-state index in [2.05, 4.69) is 15.3 Å². The van der Waals surface area contributed by atoms with E-state index in [9.17, 15) is 18.0 Å². The fraction of sp³-hybridized carbons (Fsp3) is 0.412. The summed E-state index contributed by atoms with van der Waals surface area (Å²) < 4.78 is 29.4. The molecule has 0 fully saturated rings. The van der Waals surface area contributed by atoms with Crippen LogP contribution in [0.25, 0.3) is 0 Å². The van der Waals surface area contributed by atoms with Crippen LogP contribution in [0.4, 0.5) is 5.00 Å². The highest BCUT2D eigenvalue weighted by Gasteiger charge is 2.25. The van der Waals surface area contributed by atoms with Crippen molar-refractivity contribution in [1.82, 2.24) is 9.97 Å². The first-order chi connectivity index (χ1) is 13.1. The molecule has 0 saturated carbocycles. The predicted molar refractivity (Wildman–Crippen MR) is 107 cm³/mol. The van der Waals surface area contributed by atoms with Gasteiger partial charge in [0.1, 0.15) is 5.00 Å². The van der Waals surface area contributed by atoms with Gasteiger partial charge < -0.3 is 10.1 Å². The van der Waals surface area contributed by atoms with E-state index in [1.54, 1.807) is 20.8 Å². The van der Waals surface area contributed by atoms with Crippen molar-refractivity contribution in [3.63, 3.8) is 0 Å².